The molecule has 4 aliphatic heterocycles. The van der Waals surface area contributed by atoms with Crippen LogP contribution in [0, 0.1) is 11.3 Å². The fourth-order valence-electron chi connectivity index (χ4n) is 10.6. The predicted octanol–water partition coefficient (Wildman–Crippen LogP) is 7.07. The Hall–Kier alpha value is -3.23. The molecule has 7 aliphatic rings. The molecule has 1 amide bonds. The van der Waals surface area contributed by atoms with E-state index in [0.29, 0.717) is 87.7 Å². The largest absolute Gasteiger partial charge is 0.504 e. The van der Waals surface area contributed by atoms with Crippen molar-refractivity contribution in [2.45, 2.75) is 165 Å². The van der Waals surface area contributed by atoms with E-state index in [2.05, 4.69) is 16.7 Å². The minimum absolute atomic E-state index is 0.0269. The average molecular weight is 853 g/mol. The molecule has 4 fully saturated rings. The Bertz CT molecular complexity index is 1740. The second kappa shape index (κ2) is 19.6. The summed E-state index contributed by atoms with van der Waals surface area (Å²) in [6.07, 6.45) is 21.0. The van der Waals surface area contributed by atoms with Crippen molar-refractivity contribution in [3.63, 3.8) is 0 Å². The van der Waals surface area contributed by atoms with Crippen LogP contribution in [0.25, 0.3) is 0 Å². The summed E-state index contributed by atoms with van der Waals surface area (Å²) in [5, 5.41) is 30.1. The highest BCUT2D eigenvalue weighted by Crippen LogP contribution is 2.47. The van der Waals surface area contributed by atoms with E-state index < -0.39 is 17.1 Å². The molecular formula is C45H68N6O6S2. The van der Waals surface area contributed by atoms with Gasteiger partial charge in [0, 0.05) is 62.7 Å². The lowest BCUT2D eigenvalue weighted by Gasteiger charge is -2.42. The number of benzene rings is 1. The maximum absolute atomic E-state index is 14.1. The van der Waals surface area contributed by atoms with Gasteiger partial charge in [0.15, 0.2) is 17.5 Å². The Morgan fingerprint density at radius 3 is 2.58 bits per heavy atom. The number of aromatic hydroxyl groups is 1. The van der Waals surface area contributed by atoms with Gasteiger partial charge in [-0.05, 0) is 119 Å². The number of phenols is 1. The Morgan fingerprint density at radius 2 is 1.81 bits per heavy atom. The molecule has 8 N–H and O–H groups in total. The molecule has 59 heavy (non-hydrogen) atoms. The van der Waals surface area contributed by atoms with Crippen LogP contribution in [0.1, 0.15) is 140 Å². The SMILES string of the molecule is CC(=O)O[C@@]12CCc3cc(c(O)c(OC4CCCC4)c3)CN3C[C@](CC4=CCNC(N)=C4)(CCN=C(N)NC4(CCCC4)SSCCCCC[C@@H](CC1)[C@H](O)C2)CC3=O. The maximum Gasteiger partial charge on any atom is 0.303 e. The summed E-state index contributed by atoms with van der Waals surface area (Å²) in [4.78, 5) is 33.3. The standard InChI is InChI=1S/C45H68N6O6S2/c1-31(52)57-44-17-12-32-23-35(41(55)38(24-32)56-36-10-4-5-11-36)29-51-30-43(28-40(51)54,26-33-14-20-48-39(46)25-33)19-21-49-42(47)50-45(15-6-7-16-45)59-58-22-8-2-3-9-34(13-18-44)37(53)27-44/h14,23-25,34,36-37,48,53,55H,2-13,15-22,26-30,46H2,1H3,(H3,47,49,50)/t34-,37+,43-,44-/m0/s1. The minimum Gasteiger partial charge on any atom is -0.504 e. The lowest BCUT2D eigenvalue weighted by Crippen LogP contribution is -2.47. The number of allylic oxidation sites excluding steroid dienone is 2. The highest BCUT2D eigenvalue weighted by Gasteiger charge is 2.45. The number of aliphatic imine (C=N–C) groups is 1. The van der Waals surface area contributed by atoms with Gasteiger partial charge in [0.25, 0.3) is 0 Å². The molecule has 3 saturated carbocycles. The molecule has 6 bridgehead atoms. The zero-order valence-corrected chi connectivity index (χ0v) is 36.7. The van der Waals surface area contributed by atoms with Crippen LogP contribution in [0.4, 0.5) is 0 Å². The summed E-state index contributed by atoms with van der Waals surface area (Å²) in [6.45, 7) is 3.32. The van der Waals surface area contributed by atoms with Gasteiger partial charge in [0.1, 0.15) is 5.60 Å². The summed E-state index contributed by atoms with van der Waals surface area (Å²) in [7, 11) is 3.82. The van der Waals surface area contributed by atoms with E-state index in [0.717, 1.165) is 100 Å². The van der Waals surface area contributed by atoms with E-state index in [4.69, 9.17) is 25.9 Å². The van der Waals surface area contributed by atoms with Gasteiger partial charge in [-0.15, -0.1) is 0 Å². The number of dihydropyridines is 1. The number of rotatable bonds is 5. The number of carbonyl (C=O) groups excluding carboxylic acids is 2. The molecule has 1 aromatic rings. The third-order valence-electron chi connectivity index (χ3n) is 13.7. The lowest BCUT2D eigenvalue weighted by atomic mass is 9.72. The third-order valence-corrected chi connectivity index (χ3v) is 16.9. The molecule has 1 saturated heterocycles. The smallest absolute Gasteiger partial charge is 0.303 e. The van der Waals surface area contributed by atoms with E-state index in [1.165, 1.54) is 6.92 Å². The van der Waals surface area contributed by atoms with Crippen molar-refractivity contribution in [2.75, 3.05) is 25.4 Å². The molecule has 4 heterocycles. The van der Waals surface area contributed by atoms with Crippen molar-refractivity contribution in [3.8, 4) is 11.5 Å². The topological polar surface area (TPSA) is 185 Å². The Labute approximate surface area is 358 Å². The summed E-state index contributed by atoms with van der Waals surface area (Å²) in [5.74, 6) is 2.53. The number of fused-ring (bicyclic) bond motifs is 12. The van der Waals surface area contributed by atoms with Crippen molar-refractivity contribution < 1.29 is 29.3 Å². The normalized spacial score (nSPS) is 30.2. The van der Waals surface area contributed by atoms with Crippen molar-refractivity contribution in [1.29, 1.82) is 0 Å². The van der Waals surface area contributed by atoms with E-state index >= 15 is 0 Å². The van der Waals surface area contributed by atoms with Crippen LogP contribution in [0.2, 0.25) is 0 Å². The maximum atomic E-state index is 14.1. The number of ether oxygens (including phenoxy) is 2. The first-order valence-electron chi connectivity index (χ1n) is 22.4. The van der Waals surface area contributed by atoms with Gasteiger partial charge in [-0.2, -0.15) is 0 Å². The number of esters is 1. The highest BCUT2D eigenvalue weighted by atomic mass is 33.1. The van der Waals surface area contributed by atoms with E-state index in [-0.39, 0.29) is 41.1 Å². The molecule has 326 valence electrons. The zero-order chi connectivity index (χ0) is 41.5. The number of nitrogens with one attached hydrogen (secondary N) is 2. The fraction of sp³-hybridized carbons (Fsp3) is 0.711. The molecule has 4 atom stereocenters. The van der Waals surface area contributed by atoms with Crippen molar-refractivity contribution in [2.24, 2.45) is 27.8 Å². The molecule has 12 nitrogen and oxygen atoms in total. The van der Waals surface area contributed by atoms with Crippen molar-refractivity contribution in [3.05, 3.63) is 46.8 Å². The van der Waals surface area contributed by atoms with E-state index in [1.54, 1.807) is 0 Å². The fourth-order valence-corrected chi connectivity index (χ4v) is 13.7. The molecule has 8 rings (SSSR count). The van der Waals surface area contributed by atoms with Crippen LogP contribution in [0.15, 0.2) is 40.7 Å². The second-order valence-corrected chi connectivity index (χ2v) is 21.2. The number of guanidine groups is 1. The highest BCUT2D eigenvalue weighted by molar-refractivity contribution is 8.77. The number of hydrogen-bond acceptors (Lipinski definition) is 13. The van der Waals surface area contributed by atoms with E-state index in [9.17, 15) is 19.8 Å². The number of aryl methyl sites for hydroxylation is 1. The van der Waals surface area contributed by atoms with Gasteiger partial charge in [0.05, 0.1) is 22.9 Å². The molecule has 1 spiro atoms. The van der Waals surface area contributed by atoms with Crippen LogP contribution < -0.4 is 26.8 Å². The summed E-state index contributed by atoms with van der Waals surface area (Å²) in [6, 6.07) is 3.91. The van der Waals surface area contributed by atoms with Gasteiger partial charge in [-0.1, -0.05) is 59.4 Å². The Balaban J connectivity index is 1.18. The number of hydrogen-bond donors (Lipinski definition) is 6. The van der Waals surface area contributed by atoms with Crippen molar-refractivity contribution in [1.82, 2.24) is 15.5 Å². The molecular weight excluding hydrogens is 785 g/mol. The van der Waals surface area contributed by atoms with Crippen LogP contribution in [0.5, 0.6) is 11.5 Å². The molecule has 14 heteroatoms. The number of aliphatic hydroxyl groups is 1. The first-order chi connectivity index (χ1) is 28.4. The third kappa shape index (κ3) is 11.6. The second-order valence-electron chi connectivity index (χ2n) is 18.4. The van der Waals surface area contributed by atoms with Gasteiger partial charge in [0.2, 0.25) is 5.91 Å². The summed E-state index contributed by atoms with van der Waals surface area (Å²) in [5.41, 5.74) is 14.4. The lowest BCUT2D eigenvalue weighted by molar-refractivity contribution is -0.168. The van der Waals surface area contributed by atoms with Crippen LogP contribution >= 0.6 is 21.6 Å². The predicted molar refractivity (Wildman–Crippen MR) is 237 cm³/mol. The summed E-state index contributed by atoms with van der Waals surface area (Å²) < 4.78 is 12.6. The van der Waals surface area contributed by atoms with Crippen LogP contribution in [0.3, 0.4) is 0 Å². The number of nitrogens with two attached hydrogens (primary N) is 2. The Kier molecular flexibility index (Phi) is 14.6. The Morgan fingerprint density at radius 1 is 1.02 bits per heavy atom. The first-order valence-corrected chi connectivity index (χ1v) is 24.7. The quantitative estimate of drug-likeness (QED) is 0.131. The number of amides is 1. The monoisotopic (exact) mass is 852 g/mol. The van der Waals surface area contributed by atoms with E-state index in [1.807, 2.05) is 44.7 Å². The van der Waals surface area contributed by atoms with Crippen molar-refractivity contribution >= 4 is 39.4 Å². The molecule has 0 unspecified atom stereocenters. The molecule has 0 radical (unpaired) electrons. The number of nitrogens with zero attached hydrogens (tertiary/aromatic N) is 2. The van der Waals surface area contributed by atoms with Crippen LogP contribution in [-0.4, -0.2) is 81.0 Å². The number of carbonyl (C=O) groups is 2. The van der Waals surface area contributed by atoms with Gasteiger partial charge >= 0.3 is 5.97 Å². The average Bonchev–Trinajstić information content (AvgIpc) is 3.94. The number of aliphatic hydroxyl groups excluding tert-OH is 1. The molecule has 1 aromatic carbocycles. The summed E-state index contributed by atoms with van der Waals surface area (Å²) >= 11 is 0. The van der Waals surface area contributed by atoms with Crippen LogP contribution in [-0.2, 0) is 27.3 Å². The van der Waals surface area contributed by atoms with Gasteiger partial charge < -0.3 is 46.7 Å². The molecule has 3 aliphatic carbocycles. The first kappa shape index (κ1) is 43.8. The van der Waals surface area contributed by atoms with Gasteiger partial charge in [-0.25, -0.2) is 0 Å². The zero-order valence-electron chi connectivity index (χ0n) is 35.1. The van der Waals surface area contributed by atoms with Gasteiger partial charge in [-0.3, -0.25) is 14.6 Å². The minimum atomic E-state index is -0.771. The number of phenolic OH excluding ortho intramolecular Hbond substituents is 1. The molecule has 0 aromatic heterocycles.